The Labute approximate surface area is 137 Å². The van der Waals surface area contributed by atoms with Crippen molar-refractivity contribution in [2.75, 3.05) is 23.8 Å². The van der Waals surface area contributed by atoms with Crippen LogP contribution in [0.1, 0.15) is 31.0 Å². The van der Waals surface area contributed by atoms with Crippen LogP contribution in [-0.2, 0) is 0 Å². The summed E-state index contributed by atoms with van der Waals surface area (Å²) in [6, 6.07) is 7.84. The van der Waals surface area contributed by atoms with Crippen molar-refractivity contribution in [2.24, 2.45) is 0 Å². The topological polar surface area (TPSA) is 41.1 Å². The van der Waals surface area contributed by atoms with Gasteiger partial charge in [0.25, 0.3) is 0 Å². The number of hydrogen-bond acceptors (Lipinski definition) is 4. The summed E-state index contributed by atoms with van der Waals surface area (Å²) in [6.45, 7) is 7.10. The van der Waals surface area contributed by atoms with Gasteiger partial charge in [-0.15, -0.1) is 0 Å². The lowest BCUT2D eigenvalue weighted by Crippen LogP contribution is -2.21. The Bertz CT molecular complexity index is 643. The lowest BCUT2D eigenvalue weighted by atomic mass is 10.2. The molecule has 2 rings (SSSR count). The van der Waals surface area contributed by atoms with E-state index in [1.165, 1.54) is 0 Å². The standard InChI is InChI=1S/C17H23ClN4/c1-5-6-9-22(4)17-19-13(3)10-16(21-17)20-14-8-7-12(2)15(18)11-14/h7-8,10-11H,5-6,9H2,1-4H3,(H,19,20,21). The van der Waals surface area contributed by atoms with Gasteiger partial charge in [-0.2, -0.15) is 4.98 Å². The van der Waals surface area contributed by atoms with Gasteiger partial charge in [-0.25, -0.2) is 4.98 Å². The second kappa shape index (κ2) is 7.45. The van der Waals surface area contributed by atoms with Gasteiger partial charge in [0.1, 0.15) is 5.82 Å². The number of unbranched alkanes of at least 4 members (excludes halogenated alkanes) is 1. The minimum Gasteiger partial charge on any atom is -0.344 e. The molecule has 0 aliphatic heterocycles. The molecule has 2 aromatic rings. The molecule has 0 aliphatic rings. The van der Waals surface area contributed by atoms with Crippen molar-refractivity contribution in [1.82, 2.24) is 9.97 Å². The summed E-state index contributed by atoms with van der Waals surface area (Å²) in [5, 5.41) is 4.05. The van der Waals surface area contributed by atoms with Crippen molar-refractivity contribution in [3.8, 4) is 0 Å². The summed E-state index contributed by atoms with van der Waals surface area (Å²) >= 11 is 6.17. The fraction of sp³-hybridized carbons (Fsp3) is 0.412. The fourth-order valence-corrected chi connectivity index (χ4v) is 2.28. The van der Waals surface area contributed by atoms with Crippen LogP contribution in [0.25, 0.3) is 0 Å². The van der Waals surface area contributed by atoms with E-state index in [0.717, 1.165) is 53.1 Å². The molecule has 0 atom stereocenters. The van der Waals surface area contributed by atoms with Gasteiger partial charge in [0, 0.05) is 36.1 Å². The van der Waals surface area contributed by atoms with Crippen molar-refractivity contribution >= 4 is 29.1 Å². The lowest BCUT2D eigenvalue weighted by molar-refractivity contribution is 0.749. The number of hydrogen-bond donors (Lipinski definition) is 1. The van der Waals surface area contributed by atoms with Crippen molar-refractivity contribution in [3.63, 3.8) is 0 Å². The van der Waals surface area contributed by atoms with Gasteiger partial charge >= 0.3 is 0 Å². The number of nitrogens with zero attached hydrogens (tertiary/aromatic N) is 3. The molecule has 1 aromatic heterocycles. The minimum absolute atomic E-state index is 0.745. The molecule has 0 fully saturated rings. The summed E-state index contributed by atoms with van der Waals surface area (Å²) in [7, 11) is 2.02. The Hall–Kier alpha value is -1.81. The number of aromatic nitrogens is 2. The molecule has 22 heavy (non-hydrogen) atoms. The maximum Gasteiger partial charge on any atom is 0.227 e. The van der Waals surface area contributed by atoms with E-state index >= 15 is 0 Å². The van der Waals surface area contributed by atoms with Crippen LogP contribution in [0.2, 0.25) is 5.02 Å². The summed E-state index contributed by atoms with van der Waals surface area (Å²) in [6.07, 6.45) is 2.28. The Morgan fingerprint density at radius 3 is 2.64 bits per heavy atom. The van der Waals surface area contributed by atoms with Crippen LogP contribution in [0.4, 0.5) is 17.5 Å². The maximum atomic E-state index is 6.17. The molecule has 0 saturated carbocycles. The second-order valence-corrected chi connectivity index (χ2v) is 5.97. The highest BCUT2D eigenvalue weighted by Crippen LogP contribution is 2.23. The summed E-state index contributed by atoms with van der Waals surface area (Å²) in [5.41, 5.74) is 2.93. The van der Waals surface area contributed by atoms with Gasteiger partial charge < -0.3 is 10.2 Å². The van der Waals surface area contributed by atoms with E-state index in [4.69, 9.17) is 11.6 Å². The lowest BCUT2D eigenvalue weighted by Gasteiger charge is -2.18. The number of rotatable bonds is 6. The molecular weight excluding hydrogens is 296 g/mol. The Morgan fingerprint density at radius 1 is 1.18 bits per heavy atom. The third-order valence-corrected chi connectivity index (χ3v) is 3.88. The van der Waals surface area contributed by atoms with Crippen LogP contribution < -0.4 is 10.2 Å². The van der Waals surface area contributed by atoms with Crippen LogP contribution in [-0.4, -0.2) is 23.6 Å². The molecule has 0 aliphatic carbocycles. The van der Waals surface area contributed by atoms with Gasteiger partial charge in [-0.05, 0) is 38.0 Å². The minimum atomic E-state index is 0.745. The normalized spacial score (nSPS) is 10.6. The molecule has 0 spiro atoms. The molecule has 4 nitrogen and oxygen atoms in total. The number of halogens is 1. The smallest absolute Gasteiger partial charge is 0.227 e. The Balaban J connectivity index is 2.20. The summed E-state index contributed by atoms with van der Waals surface area (Å²) in [4.78, 5) is 11.2. The first-order valence-corrected chi connectivity index (χ1v) is 7.97. The van der Waals surface area contributed by atoms with Crippen molar-refractivity contribution < 1.29 is 0 Å². The zero-order chi connectivity index (χ0) is 16.1. The molecular formula is C17H23ClN4. The number of nitrogens with one attached hydrogen (secondary N) is 1. The maximum absolute atomic E-state index is 6.17. The molecule has 1 aromatic carbocycles. The van der Waals surface area contributed by atoms with E-state index in [-0.39, 0.29) is 0 Å². The van der Waals surface area contributed by atoms with E-state index in [1.54, 1.807) is 0 Å². The van der Waals surface area contributed by atoms with Crippen LogP contribution in [0.3, 0.4) is 0 Å². The first-order chi connectivity index (χ1) is 10.5. The van der Waals surface area contributed by atoms with E-state index in [2.05, 4.69) is 27.1 Å². The van der Waals surface area contributed by atoms with E-state index < -0.39 is 0 Å². The van der Waals surface area contributed by atoms with Crippen LogP contribution in [0.5, 0.6) is 0 Å². The van der Waals surface area contributed by atoms with Gasteiger partial charge in [0.2, 0.25) is 5.95 Å². The molecule has 1 N–H and O–H groups in total. The van der Waals surface area contributed by atoms with E-state index in [0.29, 0.717) is 0 Å². The quantitative estimate of drug-likeness (QED) is 0.836. The highest BCUT2D eigenvalue weighted by molar-refractivity contribution is 6.31. The molecule has 118 valence electrons. The zero-order valence-corrected chi connectivity index (χ0v) is 14.4. The van der Waals surface area contributed by atoms with Gasteiger partial charge in [-0.1, -0.05) is 31.0 Å². The molecule has 0 amide bonds. The number of benzene rings is 1. The van der Waals surface area contributed by atoms with Gasteiger partial charge in [0.05, 0.1) is 0 Å². The van der Waals surface area contributed by atoms with Crippen molar-refractivity contribution in [2.45, 2.75) is 33.6 Å². The van der Waals surface area contributed by atoms with Gasteiger partial charge in [-0.3, -0.25) is 0 Å². The van der Waals surface area contributed by atoms with Crippen LogP contribution >= 0.6 is 11.6 Å². The first kappa shape index (κ1) is 16.6. The van der Waals surface area contributed by atoms with Crippen molar-refractivity contribution in [3.05, 3.63) is 40.5 Å². The monoisotopic (exact) mass is 318 g/mol. The molecule has 0 bridgehead atoms. The zero-order valence-electron chi connectivity index (χ0n) is 13.7. The fourth-order valence-electron chi connectivity index (χ4n) is 2.10. The highest BCUT2D eigenvalue weighted by Gasteiger charge is 2.08. The van der Waals surface area contributed by atoms with Crippen LogP contribution in [0.15, 0.2) is 24.3 Å². The third kappa shape index (κ3) is 4.34. The van der Waals surface area contributed by atoms with Crippen molar-refractivity contribution in [1.29, 1.82) is 0 Å². The predicted molar refractivity (Wildman–Crippen MR) is 94.4 cm³/mol. The molecule has 0 radical (unpaired) electrons. The molecule has 1 heterocycles. The van der Waals surface area contributed by atoms with Crippen LogP contribution in [0, 0.1) is 13.8 Å². The Kier molecular flexibility index (Phi) is 5.61. The van der Waals surface area contributed by atoms with E-state index in [1.807, 2.05) is 45.2 Å². The largest absolute Gasteiger partial charge is 0.344 e. The van der Waals surface area contributed by atoms with E-state index in [9.17, 15) is 0 Å². The molecule has 0 saturated heterocycles. The average molecular weight is 319 g/mol. The molecule has 5 heteroatoms. The molecule has 0 unspecified atom stereocenters. The predicted octanol–water partition coefficient (Wildman–Crippen LogP) is 4.73. The second-order valence-electron chi connectivity index (χ2n) is 5.56. The number of anilines is 3. The number of aryl methyl sites for hydroxylation is 2. The average Bonchev–Trinajstić information content (AvgIpc) is 2.48. The Morgan fingerprint density at radius 2 is 1.95 bits per heavy atom. The third-order valence-electron chi connectivity index (χ3n) is 3.48. The SMILES string of the molecule is CCCCN(C)c1nc(C)cc(Nc2ccc(C)c(Cl)c2)n1. The van der Waals surface area contributed by atoms with Gasteiger partial charge in [0.15, 0.2) is 0 Å². The summed E-state index contributed by atoms with van der Waals surface area (Å²) < 4.78 is 0. The highest BCUT2D eigenvalue weighted by atomic mass is 35.5. The summed E-state index contributed by atoms with van der Waals surface area (Å²) in [5.74, 6) is 1.53. The first-order valence-electron chi connectivity index (χ1n) is 7.59.